The molecule has 0 N–H and O–H groups in total. The number of rotatable bonds is 6. The maximum absolute atomic E-state index is 11.3. The number of esters is 1. The van der Waals surface area contributed by atoms with E-state index in [1.807, 2.05) is 30.3 Å². The summed E-state index contributed by atoms with van der Waals surface area (Å²) in [4.78, 5) is 21.6. The van der Waals surface area contributed by atoms with Crippen molar-refractivity contribution in [3.63, 3.8) is 0 Å². The molecule has 1 aromatic rings. The summed E-state index contributed by atoms with van der Waals surface area (Å²) in [5.41, 5.74) is 0.935. The monoisotopic (exact) mass is 318 g/mol. The zero-order chi connectivity index (χ0) is 12.7. The number of carbonyl (C=O) groups is 2. The Morgan fingerprint density at radius 3 is 2.53 bits per heavy atom. The Balaban J connectivity index is 2.24. The summed E-state index contributed by atoms with van der Waals surface area (Å²) in [5.74, 6) is -0.337. The largest absolute Gasteiger partial charge is 0.461 e. The van der Waals surface area contributed by atoms with Gasteiger partial charge in [-0.1, -0.05) is 46.3 Å². The minimum absolute atomic E-state index is 0.168. The van der Waals surface area contributed by atoms with Crippen LogP contribution in [0.25, 0.3) is 0 Å². The molecule has 0 amide bonds. The molecule has 0 spiro atoms. The zero-order valence-electron chi connectivity index (χ0n) is 9.07. The molecule has 92 valence electrons. The lowest BCUT2D eigenvalue weighted by atomic mass is 10.2. The molecular formula is C12H12BrClO3. The highest BCUT2D eigenvalue weighted by molar-refractivity contribution is 9.10. The third-order valence-electron chi connectivity index (χ3n) is 2.09. The van der Waals surface area contributed by atoms with Crippen molar-refractivity contribution in [1.29, 1.82) is 0 Å². The van der Waals surface area contributed by atoms with Crippen molar-refractivity contribution in [2.75, 3.05) is 0 Å². The lowest BCUT2D eigenvalue weighted by Crippen LogP contribution is -2.11. The van der Waals surface area contributed by atoms with Gasteiger partial charge < -0.3 is 4.74 Å². The van der Waals surface area contributed by atoms with Crippen molar-refractivity contribution < 1.29 is 14.3 Å². The minimum atomic E-state index is -0.499. The van der Waals surface area contributed by atoms with Crippen molar-refractivity contribution in [2.24, 2.45) is 0 Å². The molecule has 3 nitrogen and oxygen atoms in total. The van der Waals surface area contributed by atoms with E-state index in [2.05, 4.69) is 15.9 Å². The Kier molecular flexibility index (Phi) is 6.22. The number of hydrogen-bond acceptors (Lipinski definition) is 3. The molecule has 0 fully saturated rings. The normalized spacial score (nSPS) is 11.9. The fourth-order valence-corrected chi connectivity index (χ4v) is 1.51. The molecule has 1 aromatic carbocycles. The van der Waals surface area contributed by atoms with Crippen molar-refractivity contribution >= 4 is 38.7 Å². The number of hydrogen-bond donors (Lipinski definition) is 0. The summed E-state index contributed by atoms with van der Waals surface area (Å²) in [6, 6.07) is 9.41. The van der Waals surface area contributed by atoms with Crippen LogP contribution in [0.3, 0.4) is 0 Å². The molecule has 0 aliphatic rings. The van der Waals surface area contributed by atoms with Crippen LogP contribution < -0.4 is 0 Å². The van der Waals surface area contributed by atoms with Crippen molar-refractivity contribution in [3.05, 3.63) is 35.9 Å². The number of carbonyl (C=O) groups excluding carboxylic acids is 2. The van der Waals surface area contributed by atoms with E-state index in [0.29, 0.717) is 6.42 Å². The van der Waals surface area contributed by atoms with E-state index in [1.165, 1.54) is 0 Å². The second kappa shape index (κ2) is 7.45. The van der Waals surface area contributed by atoms with Crippen LogP contribution in [0.15, 0.2) is 30.3 Å². The van der Waals surface area contributed by atoms with E-state index in [0.717, 1.165) is 5.56 Å². The minimum Gasteiger partial charge on any atom is -0.461 e. The summed E-state index contributed by atoms with van der Waals surface area (Å²) < 4.78 is 5.04. The molecule has 0 aliphatic carbocycles. The van der Waals surface area contributed by atoms with Gasteiger partial charge in [-0.25, -0.2) is 0 Å². The summed E-state index contributed by atoms with van der Waals surface area (Å²) in [5, 5.41) is -0.499. The van der Waals surface area contributed by atoms with E-state index in [1.54, 1.807) is 0 Å². The van der Waals surface area contributed by atoms with Gasteiger partial charge in [0, 0.05) is 6.42 Å². The van der Waals surface area contributed by atoms with Gasteiger partial charge in [0.25, 0.3) is 0 Å². The van der Waals surface area contributed by atoms with Crippen molar-refractivity contribution in [3.8, 4) is 0 Å². The van der Waals surface area contributed by atoms with Crippen LogP contribution in [-0.4, -0.2) is 16.0 Å². The Morgan fingerprint density at radius 2 is 1.94 bits per heavy atom. The first kappa shape index (κ1) is 14.2. The predicted molar refractivity (Wildman–Crippen MR) is 69.0 cm³/mol. The highest BCUT2D eigenvalue weighted by Gasteiger charge is 2.14. The Labute approximate surface area is 113 Å². The summed E-state index contributed by atoms with van der Waals surface area (Å²) in [6.07, 6.45) is 0.511. The van der Waals surface area contributed by atoms with Gasteiger partial charge in [0.05, 0.1) is 4.83 Å². The Hall–Kier alpha value is -0.870. The zero-order valence-corrected chi connectivity index (χ0v) is 11.4. The average Bonchev–Trinajstić information content (AvgIpc) is 2.34. The van der Waals surface area contributed by atoms with Gasteiger partial charge in [-0.15, -0.1) is 0 Å². The van der Waals surface area contributed by atoms with E-state index in [4.69, 9.17) is 16.3 Å². The molecule has 0 radical (unpaired) electrons. The molecule has 0 aliphatic heterocycles. The van der Waals surface area contributed by atoms with Gasteiger partial charge in [0.2, 0.25) is 5.24 Å². The third-order valence-corrected chi connectivity index (χ3v) is 3.49. The molecule has 1 rings (SSSR count). The van der Waals surface area contributed by atoms with Crippen LogP contribution in [0.1, 0.15) is 18.4 Å². The van der Waals surface area contributed by atoms with E-state index < -0.39 is 10.1 Å². The summed E-state index contributed by atoms with van der Waals surface area (Å²) in [7, 11) is 0. The summed E-state index contributed by atoms with van der Waals surface area (Å²) >= 11 is 8.32. The maximum atomic E-state index is 11.3. The van der Waals surface area contributed by atoms with Gasteiger partial charge in [0.15, 0.2) is 0 Å². The fraction of sp³-hybridized carbons (Fsp3) is 0.333. The molecule has 0 saturated carbocycles. The van der Waals surface area contributed by atoms with Gasteiger partial charge in [-0.2, -0.15) is 0 Å². The second-order valence-corrected chi connectivity index (χ2v) is 4.93. The number of ether oxygens (including phenoxy) is 1. The number of benzene rings is 1. The van der Waals surface area contributed by atoms with Crippen LogP contribution in [0.5, 0.6) is 0 Å². The van der Waals surface area contributed by atoms with Crippen LogP contribution in [0, 0.1) is 0 Å². The van der Waals surface area contributed by atoms with Crippen molar-refractivity contribution in [2.45, 2.75) is 24.3 Å². The molecule has 0 unspecified atom stereocenters. The lowest BCUT2D eigenvalue weighted by Gasteiger charge is -2.06. The molecule has 17 heavy (non-hydrogen) atoms. The molecule has 5 heteroatoms. The topological polar surface area (TPSA) is 43.4 Å². The molecule has 0 saturated heterocycles. The highest BCUT2D eigenvalue weighted by atomic mass is 79.9. The van der Waals surface area contributed by atoms with Crippen molar-refractivity contribution in [1.82, 2.24) is 0 Å². The van der Waals surface area contributed by atoms with E-state index in [-0.39, 0.29) is 19.0 Å². The lowest BCUT2D eigenvalue weighted by molar-refractivity contribution is -0.145. The molecule has 0 aromatic heterocycles. The maximum Gasteiger partial charge on any atom is 0.306 e. The quantitative estimate of drug-likeness (QED) is 0.460. The van der Waals surface area contributed by atoms with Gasteiger partial charge in [-0.05, 0) is 23.6 Å². The molecule has 0 heterocycles. The van der Waals surface area contributed by atoms with Gasteiger partial charge in [0.1, 0.15) is 6.61 Å². The average molecular weight is 320 g/mol. The van der Waals surface area contributed by atoms with Crippen LogP contribution in [-0.2, 0) is 20.9 Å². The Bertz CT molecular complexity index is 381. The first-order valence-electron chi connectivity index (χ1n) is 5.12. The fourth-order valence-electron chi connectivity index (χ4n) is 1.17. The van der Waals surface area contributed by atoms with Crippen LogP contribution in [0.4, 0.5) is 0 Å². The third kappa shape index (κ3) is 5.84. The van der Waals surface area contributed by atoms with Gasteiger partial charge >= 0.3 is 5.97 Å². The molecule has 0 bridgehead atoms. The first-order valence-corrected chi connectivity index (χ1v) is 6.42. The van der Waals surface area contributed by atoms with E-state index in [9.17, 15) is 9.59 Å². The first-order chi connectivity index (χ1) is 8.09. The van der Waals surface area contributed by atoms with Gasteiger partial charge in [-0.3, -0.25) is 9.59 Å². The summed E-state index contributed by atoms with van der Waals surface area (Å²) in [6.45, 7) is 0.251. The van der Waals surface area contributed by atoms with Crippen LogP contribution >= 0.6 is 27.5 Å². The smallest absolute Gasteiger partial charge is 0.306 e. The Morgan fingerprint density at radius 1 is 1.29 bits per heavy atom. The molecular weight excluding hydrogens is 307 g/mol. The van der Waals surface area contributed by atoms with Crippen LogP contribution in [0.2, 0.25) is 0 Å². The predicted octanol–water partition coefficient (Wildman–Crippen LogP) is 3.04. The SMILES string of the molecule is O=C(CC[C@@H](Br)C(=O)Cl)OCc1ccccc1. The molecule has 1 atom stereocenters. The number of alkyl halides is 1. The van der Waals surface area contributed by atoms with E-state index >= 15 is 0 Å². The second-order valence-electron chi connectivity index (χ2n) is 3.46. The number of halogens is 2. The highest BCUT2D eigenvalue weighted by Crippen LogP contribution is 2.12. The standard InChI is InChI=1S/C12H12BrClO3/c13-10(12(14)16)6-7-11(15)17-8-9-4-2-1-3-5-9/h1-5,10H,6-8H2/t10-/m1/s1.